The highest BCUT2D eigenvalue weighted by Gasteiger charge is 2.17. The summed E-state index contributed by atoms with van der Waals surface area (Å²) in [6.45, 7) is 9.21. The Balaban J connectivity index is 2.46. The zero-order valence-electron chi connectivity index (χ0n) is 13.4. The van der Waals surface area contributed by atoms with Crippen LogP contribution in [0.1, 0.15) is 58.2 Å². The van der Waals surface area contributed by atoms with Crippen LogP contribution in [0.15, 0.2) is 18.2 Å². The maximum Gasteiger partial charge on any atom is 0.147 e. The number of para-hydroxylation sites is 1. The number of ether oxygens (including phenoxy) is 1. The summed E-state index contributed by atoms with van der Waals surface area (Å²) >= 11 is 6.33. The molecule has 0 aliphatic carbocycles. The molecule has 0 radical (unpaired) electrons. The molecule has 0 amide bonds. The van der Waals surface area contributed by atoms with E-state index >= 15 is 0 Å². The fourth-order valence-electron chi connectivity index (χ4n) is 2.55. The summed E-state index contributed by atoms with van der Waals surface area (Å²) in [5, 5.41) is -0.106. The fourth-order valence-corrected chi connectivity index (χ4v) is 2.71. The summed E-state index contributed by atoms with van der Waals surface area (Å²) in [5.41, 5.74) is 2.04. The number of fused-ring (bicyclic) bond motifs is 1. The van der Waals surface area contributed by atoms with E-state index < -0.39 is 0 Å². The highest BCUT2D eigenvalue weighted by molar-refractivity contribution is 6.20. The Hall–Kier alpha value is -1.22. The molecule has 1 aromatic heterocycles. The van der Waals surface area contributed by atoms with Crippen molar-refractivity contribution in [3.05, 3.63) is 24.0 Å². The van der Waals surface area contributed by atoms with Crippen LogP contribution in [0, 0.1) is 0 Å². The van der Waals surface area contributed by atoms with Crippen molar-refractivity contribution < 1.29 is 4.74 Å². The van der Waals surface area contributed by atoms with Gasteiger partial charge in [-0.3, -0.25) is 0 Å². The molecule has 1 heterocycles. The second kappa shape index (κ2) is 7.17. The predicted molar refractivity (Wildman–Crippen MR) is 89.3 cm³/mol. The Morgan fingerprint density at radius 2 is 2.00 bits per heavy atom. The highest BCUT2D eigenvalue weighted by atomic mass is 35.5. The van der Waals surface area contributed by atoms with E-state index in [0.29, 0.717) is 0 Å². The van der Waals surface area contributed by atoms with Gasteiger partial charge in [0, 0.05) is 6.54 Å². The first kappa shape index (κ1) is 16.2. The Bertz CT molecular complexity index is 590. The molecule has 0 fully saturated rings. The van der Waals surface area contributed by atoms with Gasteiger partial charge in [0.05, 0.1) is 17.0 Å². The highest BCUT2D eigenvalue weighted by Crippen LogP contribution is 2.31. The lowest BCUT2D eigenvalue weighted by Crippen LogP contribution is -2.06. The molecule has 0 aliphatic rings. The van der Waals surface area contributed by atoms with Crippen LogP contribution < -0.4 is 4.74 Å². The van der Waals surface area contributed by atoms with Gasteiger partial charge in [-0.25, -0.2) is 4.98 Å². The molecule has 4 heteroatoms. The van der Waals surface area contributed by atoms with Crippen LogP contribution in [0.3, 0.4) is 0 Å². The summed E-state index contributed by atoms with van der Waals surface area (Å²) in [6, 6.07) is 6.11. The molecule has 0 saturated carbocycles. The van der Waals surface area contributed by atoms with E-state index in [2.05, 4.69) is 17.6 Å². The van der Waals surface area contributed by atoms with Gasteiger partial charge in [-0.2, -0.15) is 0 Å². The van der Waals surface area contributed by atoms with Gasteiger partial charge in [-0.1, -0.05) is 25.8 Å². The zero-order chi connectivity index (χ0) is 15.4. The van der Waals surface area contributed by atoms with E-state index in [0.717, 1.165) is 35.6 Å². The molecule has 0 saturated heterocycles. The standard InChI is InChI=1S/C17H25ClN2O/c1-5-6-7-11-20-14-9-8-10-15(21-12(2)3)16(14)19-17(20)13(4)18/h8-10,12-13H,5-7,11H2,1-4H3. The third kappa shape index (κ3) is 3.70. The summed E-state index contributed by atoms with van der Waals surface area (Å²) < 4.78 is 8.13. The maximum atomic E-state index is 6.33. The largest absolute Gasteiger partial charge is 0.489 e. The van der Waals surface area contributed by atoms with Gasteiger partial charge >= 0.3 is 0 Å². The summed E-state index contributed by atoms with van der Waals surface area (Å²) in [7, 11) is 0. The molecule has 21 heavy (non-hydrogen) atoms. The molecule has 0 aliphatic heterocycles. The molecule has 2 aromatic rings. The normalized spacial score (nSPS) is 13.0. The zero-order valence-corrected chi connectivity index (χ0v) is 14.2. The number of hydrogen-bond acceptors (Lipinski definition) is 2. The van der Waals surface area contributed by atoms with E-state index in [-0.39, 0.29) is 11.5 Å². The van der Waals surface area contributed by atoms with Crippen molar-refractivity contribution in [2.45, 2.75) is 65.0 Å². The molecule has 116 valence electrons. The number of rotatable bonds is 7. The minimum atomic E-state index is -0.106. The van der Waals surface area contributed by atoms with Gasteiger partial charge in [0.25, 0.3) is 0 Å². The van der Waals surface area contributed by atoms with Crippen molar-refractivity contribution in [2.24, 2.45) is 0 Å². The Labute approximate surface area is 132 Å². The van der Waals surface area contributed by atoms with Crippen LogP contribution in [0.5, 0.6) is 5.75 Å². The molecule has 3 nitrogen and oxygen atoms in total. The lowest BCUT2D eigenvalue weighted by Gasteiger charge is -2.11. The van der Waals surface area contributed by atoms with Crippen LogP contribution in [-0.4, -0.2) is 15.7 Å². The van der Waals surface area contributed by atoms with Crippen LogP contribution >= 0.6 is 11.6 Å². The van der Waals surface area contributed by atoms with Gasteiger partial charge in [-0.05, 0) is 39.3 Å². The Kier molecular flexibility index (Phi) is 5.51. The number of unbranched alkanes of at least 4 members (excludes halogenated alkanes) is 2. The number of nitrogens with zero attached hydrogens (tertiary/aromatic N) is 2. The van der Waals surface area contributed by atoms with Gasteiger partial charge in [0.15, 0.2) is 0 Å². The monoisotopic (exact) mass is 308 g/mol. The molecule has 0 spiro atoms. The maximum absolute atomic E-state index is 6.33. The van der Waals surface area contributed by atoms with Crippen molar-refractivity contribution in [2.75, 3.05) is 0 Å². The number of hydrogen-bond donors (Lipinski definition) is 0. The topological polar surface area (TPSA) is 27.1 Å². The molecule has 0 bridgehead atoms. The lowest BCUT2D eigenvalue weighted by molar-refractivity contribution is 0.245. The minimum Gasteiger partial charge on any atom is -0.489 e. The van der Waals surface area contributed by atoms with E-state index in [1.807, 2.05) is 32.9 Å². The molecule has 2 rings (SSSR count). The van der Waals surface area contributed by atoms with E-state index in [1.54, 1.807) is 0 Å². The van der Waals surface area contributed by atoms with Crippen LogP contribution in [0.2, 0.25) is 0 Å². The number of aromatic nitrogens is 2. The van der Waals surface area contributed by atoms with Crippen molar-refractivity contribution in [3.63, 3.8) is 0 Å². The third-order valence-corrected chi connectivity index (χ3v) is 3.67. The third-order valence-electron chi connectivity index (χ3n) is 3.48. The summed E-state index contributed by atoms with van der Waals surface area (Å²) in [4.78, 5) is 4.75. The fraction of sp³-hybridized carbons (Fsp3) is 0.588. The first-order valence-electron chi connectivity index (χ1n) is 7.84. The van der Waals surface area contributed by atoms with Crippen molar-refractivity contribution in [1.82, 2.24) is 9.55 Å². The van der Waals surface area contributed by atoms with E-state index in [1.165, 1.54) is 12.8 Å². The van der Waals surface area contributed by atoms with E-state index in [9.17, 15) is 0 Å². The number of imidazole rings is 1. The number of benzene rings is 1. The molecule has 1 atom stereocenters. The second-order valence-corrected chi connectivity index (χ2v) is 6.39. The van der Waals surface area contributed by atoms with Crippen LogP contribution in [0.25, 0.3) is 11.0 Å². The molecular formula is C17H25ClN2O. The first-order chi connectivity index (χ1) is 10.0. The molecular weight excluding hydrogens is 284 g/mol. The number of alkyl halides is 1. The summed E-state index contributed by atoms with van der Waals surface area (Å²) in [6.07, 6.45) is 3.71. The SMILES string of the molecule is CCCCCn1c(C(C)Cl)nc2c(OC(C)C)cccc21. The van der Waals surface area contributed by atoms with Crippen molar-refractivity contribution >= 4 is 22.6 Å². The summed E-state index contributed by atoms with van der Waals surface area (Å²) in [5.74, 6) is 1.78. The molecule has 1 unspecified atom stereocenters. The quantitative estimate of drug-likeness (QED) is 0.511. The lowest BCUT2D eigenvalue weighted by atomic mass is 10.2. The van der Waals surface area contributed by atoms with Gasteiger partial charge in [0.1, 0.15) is 17.1 Å². The average Bonchev–Trinajstić information content (AvgIpc) is 2.79. The van der Waals surface area contributed by atoms with Crippen molar-refractivity contribution in [1.29, 1.82) is 0 Å². The van der Waals surface area contributed by atoms with Gasteiger partial charge in [0.2, 0.25) is 0 Å². The molecule has 1 aromatic carbocycles. The van der Waals surface area contributed by atoms with E-state index in [4.69, 9.17) is 21.3 Å². The Morgan fingerprint density at radius 3 is 2.62 bits per heavy atom. The molecule has 0 N–H and O–H groups in total. The second-order valence-electron chi connectivity index (χ2n) is 5.74. The first-order valence-corrected chi connectivity index (χ1v) is 8.28. The van der Waals surface area contributed by atoms with Crippen LogP contribution in [-0.2, 0) is 6.54 Å². The van der Waals surface area contributed by atoms with Crippen molar-refractivity contribution in [3.8, 4) is 5.75 Å². The minimum absolute atomic E-state index is 0.106. The van der Waals surface area contributed by atoms with Crippen LogP contribution in [0.4, 0.5) is 0 Å². The average molecular weight is 309 g/mol. The number of aryl methyl sites for hydroxylation is 1. The Morgan fingerprint density at radius 1 is 1.24 bits per heavy atom. The van der Waals surface area contributed by atoms with Gasteiger partial charge < -0.3 is 9.30 Å². The predicted octanol–water partition coefficient (Wildman–Crippen LogP) is 5.31. The number of halogens is 1. The van der Waals surface area contributed by atoms with Gasteiger partial charge in [-0.15, -0.1) is 11.6 Å². The smallest absolute Gasteiger partial charge is 0.147 e.